The molecule has 1 N–H and O–H groups in total. The average molecular weight is 238 g/mol. The Morgan fingerprint density at radius 3 is 2.59 bits per heavy atom. The van der Waals surface area contributed by atoms with Crippen LogP contribution in [0, 0.1) is 0 Å². The molecule has 0 amide bonds. The molecule has 6 heteroatoms. The Morgan fingerprint density at radius 2 is 2.06 bits per heavy atom. The van der Waals surface area contributed by atoms with Gasteiger partial charge in [-0.1, -0.05) is 6.08 Å². The van der Waals surface area contributed by atoms with E-state index in [1.807, 2.05) is 0 Å². The molecule has 0 spiro atoms. The number of Topliss-reactive ketones (excluding diaryl/α,β-unsaturated/α-hetero) is 2. The number of hydrogen-bond acceptors (Lipinski definition) is 6. The summed E-state index contributed by atoms with van der Waals surface area (Å²) in [5, 5.41) is 9.48. The zero-order valence-electron chi connectivity index (χ0n) is 9.06. The highest BCUT2D eigenvalue weighted by molar-refractivity contribution is 6.38. The van der Waals surface area contributed by atoms with Gasteiger partial charge in [-0.3, -0.25) is 14.4 Å². The summed E-state index contributed by atoms with van der Waals surface area (Å²) in [6.07, 6.45) is 1.54. The lowest BCUT2D eigenvalue weighted by Crippen LogP contribution is -2.18. The summed E-state index contributed by atoms with van der Waals surface area (Å²) in [7, 11) is 1.02. The highest BCUT2D eigenvalue weighted by atomic mass is 16.5. The van der Waals surface area contributed by atoms with Crippen molar-refractivity contribution in [3.05, 3.63) is 23.5 Å². The monoisotopic (exact) mass is 238 g/mol. The molecule has 0 bridgehead atoms. The van der Waals surface area contributed by atoms with E-state index in [1.54, 1.807) is 0 Å². The van der Waals surface area contributed by atoms with E-state index in [4.69, 9.17) is 0 Å². The molecule has 90 valence electrons. The second-order valence-electron chi connectivity index (χ2n) is 3.35. The van der Waals surface area contributed by atoms with Crippen LogP contribution < -0.4 is 0 Å². The summed E-state index contributed by atoms with van der Waals surface area (Å²) in [5.74, 6) is -3.68. The Bertz CT molecular complexity index is 455. The van der Waals surface area contributed by atoms with E-state index in [0.717, 1.165) is 7.11 Å². The van der Waals surface area contributed by atoms with Crippen LogP contribution in [-0.4, -0.2) is 35.5 Å². The minimum absolute atomic E-state index is 0.0192. The zero-order chi connectivity index (χ0) is 13.0. The molecular weight excluding hydrogens is 228 g/mol. The van der Waals surface area contributed by atoms with Crippen LogP contribution in [-0.2, 0) is 23.9 Å². The topological polar surface area (TPSA) is 97.7 Å². The molecule has 17 heavy (non-hydrogen) atoms. The first-order valence-corrected chi connectivity index (χ1v) is 4.74. The number of allylic oxidation sites excluding steroid dienone is 2. The van der Waals surface area contributed by atoms with Gasteiger partial charge in [0.05, 0.1) is 19.1 Å². The van der Waals surface area contributed by atoms with Gasteiger partial charge in [0.2, 0.25) is 0 Å². The fourth-order valence-electron chi connectivity index (χ4n) is 1.29. The molecule has 1 aliphatic rings. The number of esters is 1. The van der Waals surface area contributed by atoms with Crippen LogP contribution in [0.25, 0.3) is 0 Å². The first-order chi connectivity index (χ1) is 7.95. The van der Waals surface area contributed by atoms with Gasteiger partial charge < -0.3 is 9.84 Å². The molecule has 0 saturated carbocycles. The second kappa shape index (κ2) is 5.20. The van der Waals surface area contributed by atoms with Gasteiger partial charge >= 0.3 is 5.97 Å². The van der Waals surface area contributed by atoms with Crippen molar-refractivity contribution in [1.29, 1.82) is 0 Å². The van der Waals surface area contributed by atoms with Crippen molar-refractivity contribution in [2.24, 2.45) is 0 Å². The number of aliphatic hydroxyl groups is 1. The van der Waals surface area contributed by atoms with Gasteiger partial charge in [0.15, 0.2) is 5.78 Å². The van der Waals surface area contributed by atoms with Crippen LogP contribution in [0.4, 0.5) is 0 Å². The first-order valence-electron chi connectivity index (χ1n) is 4.74. The minimum atomic E-state index is -1.14. The highest BCUT2D eigenvalue weighted by Gasteiger charge is 2.23. The van der Waals surface area contributed by atoms with E-state index in [0.29, 0.717) is 6.08 Å². The van der Waals surface area contributed by atoms with Crippen LogP contribution in [0.1, 0.15) is 12.8 Å². The van der Waals surface area contributed by atoms with Gasteiger partial charge in [0.1, 0.15) is 11.5 Å². The van der Waals surface area contributed by atoms with Crippen LogP contribution in [0.2, 0.25) is 0 Å². The number of ketones is 3. The molecule has 0 radical (unpaired) electrons. The minimum Gasteiger partial charge on any atom is -0.507 e. The third-order valence-electron chi connectivity index (χ3n) is 2.12. The maximum absolute atomic E-state index is 11.3. The summed E-state index contributed by atoms with van der Waals surface area (Å²) in [4.78, 5) is 44.1. The molecule has 0 aliphatic heterocycles. The summed E-state index contributed by atoms with van der Waals surface area (Å²) in [5.41, 5.74) is -0.123. The molecule has 0 unspecified atom stereocenters. The average Bonchev–Trinajstić information content (AvgIpc) is 2.27. The molecule has 1 rings (SSSR count). The van der Waals surface area contributed by atoms with Crippen molar-refractivity contribution in [3.8, 4) is 0 Å². The number of hydrogen-bond donors (Lipinski definition) is 1. The van der Waals surface area contributed by atoms with Crippen molar-refractivity contribution in [2.75, 3.05) is 7.11 Å². The molecule has 0 aromatic carbocycles. The van der Waals surface area contributed by atoms with Gasteiger partial charge in [0.25, 0.3) is 5.78 Å². The zero-order valence-corrected chi connectivity index (χ0v) is 9.06. The van der Waals surface area contributed by atoms with Gasteiger partial charge in [0, 0.05) is 12.5 Å². The maximum Gasteiger partial charge on any atom is 0.378 e. The number of methoxy groups -OCH3 is 1. The lowest BCUT2D eigenvalue weighted by molar-refractivity contribution is -0.149. The van der Waals surface area contributed by atoms with E-state index < -0.39 is 23.3 Å². The lowest BCUT2D eigenvalue weighted by Gasteiger charge is -2.09. The quantitative estimate of drug-likeness (QED) is 0.245. The predicted octanol–water partition coefficient (Wildman–Crippen LogP) is 0.0288. The molecule has 1 aliphatic carbocycles. The largest absolute Gasteiger partial charge is 0.507 e. The van der Waals surface area contributed by atoms with Gasteiger partial charge in [-0.2, -0.15) is 0 Å². The van der Waals surface area contributed by atoms with Crippen LogP contribution in [0.5, 0.6) is 0 Å². The number of carbonyl (C=O) groups is 4. The number of ether oxygens (including phenoxy) is 1. The fraction of sp³-hybridized carbons (Fsp3) is 0.273. The van der Waals surface area contributed by atoms with Gasteiger partial charge in [-0.15, -0.1) is 0 Å². The normalized spacial score (nSPS) is 16.5. The number of rotatable bonds is 3. The molecule has 6 nitrogen and oxygen atoms in total. The fourth-order valence-corrected chi connectivity index (χ4v) is 1.29. The van der Waals surface area contributed by atoms with Crippen molar-refractivity contribution in [3.63, 3.8) is 0 Å². The number of carbonyl (C=O) groups excluding carboxylic acids is 4. The third-order valence-corrected chi connectivity index (χ3v) is 2.12. The molecule has 0 aromatic rings. The Balaban J connectivity index is 2.90. The third kappa shape index (κ3) is 3.10. The standard InChI is InChI=1S/C11H10O6/c1-17-11(16)10(15)5-9(14)7-3-2-6(12)4-8(7)13/h3,5,14H,2,4H2,1H3/b9-5-. The van der Waals surface area contributed by atoms with Crippen LogP contribution >= 0.6 is 0 Å². The van der Waals surface area contributed by atoms with Crippen molar-refractivity contribution in [2.45, 2.75) is 12.8 Å². The first kappa shape index (κ1) is 12.8. The van der Waals surface area contributed by atoms with Gasteiger partial charge in [-0.05, 0) is 0 Å². The molecule has 0 heterocycles. The molecule has 0 fully saturated rings. The van der Waals surface area contributed by atoms with Crippen molar-refractivity contribution < 1.29 is 29.0 Å². The van der Waals surface area contributed by atoms with Crippen molar-refractivity contribution >= 4 is 23.3 Å². The summed E-state index contributed by atoms with van der Waals surface area (Å²) < 4.78 is 4.14. The Labute approximate surface area is 96.6 Å². The number of aliphatic hydroxyl groups excluding tert-OH is 1. The van der Waals surface area contributed by atoms with E-state index in [-0.39, 0.29) is 24.2 Å². The van der Waals surface area contributed by atoms with E-state index in [1.165, 1.54) is 6.08 Å². The van der Waals surface area contributed by atoms with E-state index in [9.17, 15) is 24.3 Å². The van der Waals surface area contributed by atoms with Crippen LogP contribution in [0.15, 0.2) is 23.5 Å². The molecule has 0 aromatic heterocycles. The maximum atomic E-state index is 11.3. The summed E-state index contributed by atoms with van der Waals surface area (Å²) >= 11 is 0. The molecular formula is C11H10O6. The van der Waals surface area contributed by atoms with Crippen LogP contribution in [0.3, 0.4) is 0 Å². The summed E-state index contributed by atoms with van der Waals surface area (Å²) in [6, 6.07) is 0. The predicted molar refractivity (Wildman–Crippen MR) is 55.1 cm³/mol. The lowest BCUT2D eigenvalue weighted by atomic mass is 9.95. The SMILES string of the molecule is COC(=O)C(=O)/C=C(\O)C1=CCC(=O)CC1=O. The Hall–Kier alpha value is -2.24. The second-order valence-corrected chi connectivity index (χ2v) is 3.35. The van der Waals surface area contributed by atoms with E-state index in [2.05, 4.69) is 4.74 Å². The Morgan fingerprint density at radius 1 is 1.41 bits per heavy atom. The van der Waals surface area contributed by atoms with Crippen molar-refractivity contribution in [1.82, 2.24) is 0 Å². The van der Waals surface area contributed by atoms with E-state index >= 15 is 0 Å². The molecule has 0 saturated heterocycles. The van der Waals surface area contributed by atoms with Gasteiger partial charge in [-0.25, -0.2) is 4.79 Å². The smallest absolute Gasteiger partial charge is 0.378 e. The summed E-state index contributed by atoms with van der Waals surface area (Å²) in [6.45, 7) is 0. The molecule has 0 atom stereocenters. The Kier molecular flexibility index (Phi) is 3.92. The highest BCUT2D eigenvalue weighted by Crippen LogP contribution is 2.17.